The molecule has 0 heterocycles. The van der Waals surface area contributed by atoms with Gasteiger partial charge in [-0.2, -0.15) is 8.78 Å². The smallest absolute Gasteiger partial charge is 0.387 e. The lowest BCUT2D eigenvalue weighted by Crippen LogP contribution is -2.06. The SMILES string of the molecule is Oc1ccc(CNc2ccccc2OC(F)F)cc1Cl. The monoisotopic (exact) mass is 299 g/mol. The topological polar surface area (TPSA) is 41.5 Å². The summed E-state index contributed by atoms with van der Waals surface area (Å²) in [5.74, 6) is 0.0734. The van der Waals surface area contributed by atoms with Crippen LogP contribution in [0, 0.1) is 0 Å². The van der Waals surface area contributed by atoms with Gasteiger partial charge in [0.25, 0.3) is 0 Å². The van der Waals surface area contributed by atoms with Crippen molar-refractivity contribution in [2.45, 2.75) is 13.2 Å². The molecule has 0 saturated heterocycles. The van der Waals surface area contributed by atoms with Crippen LogP contribution in [-0.2, 0) is 6.54 Å². The second kappa shape index (κ2) is 6.43. The van der Waals surface area contributed by atoms with E-state index in [1.807, 2.05) is 0 Å². The van der Waals surface area contributed by atoms with Gasteiger partial charge in [0, 0.05) is 6.54 Å². The van der Waals surface area contributed by atoms with Crippen LogP contribution >= 0.6 is 11.6 Å². The van der Waals surface area contributed by atoms with E-state index in [0.717, 1.165) is 5.56 Å². The van der Waals surface area contributed by atoms with E-state index in [1.54, 1.807) is 30.3 Å². The summed E-state index contributed by atoms with van der Waals surface area (Å²) in [6, 6.07) is 11.2. The number of anilines is 1. The van der Waals surface area contributed by atoms with Crippen molar-refractivity contribution < 1.29 is 18.6 Å². The van der Waals surface area contributed by atoms with Crippen LogP contribution in [0.4, 0.5) is 14.5 Å². The van der Waals surface area contributed by atoms with E-state index in [-0.39, 0.29) is 16.5 Å². The standard InChI is InChI=1S/C14H12ClF2NO2/c15-10-7-9(5-6-12(10)19)8-18-11-3-1-2-4-13(11)20-14(16)17/h1-7,14,18-19H,8H2. The van der Waals surface area contributed by atoms with E-state index in [9.17, 15) is 13.9 Å². The molecule has 6 heteroatoms. The number of halogens is 3. The lowest BCUT2D eigenvalue weighted by Gasteiger charge is -2.12. The van der Waals surface area contributed by atoms with E-state index in [0.29, 0.717) is 12.2 Å². The summed E-state index contributed by atoms with van der Waals surface area (Å²) < 4.78 is 28.9. The Hall–Kier alpha value is -2.01. The summed E-state index contributed by atoms with van der Waals surface area (Å²) in [6.45, 7) is -2.51. The Morgan fingerprint density at radius 3 is 2.65 bits per heavy atom. The molecule has 2 N–H and O–H groups in total. The summed E-state index contributed by atoms with van der Waals surface area (Å²) in [7, 11) is 0. The lowest BCUT2D eigenvalue weighted by molar-refractivity contribution is -0.0493. The number of para-hydroxylation sites is 2. The van der Waals surface area contributed by atoms with Gasteiger partial charge in [0.2, 0.25) is 0 Å². The van der Waals surface area contributed by atoms with Crippen LogP contribution < -0.4 is 10.1 Å². The molecule has 3 nitrogen and oxygen atoms in total. The number of rotatable bonds is 5. The normalized spacial score (nSPS) is 10.6. The van der Waals surface area contributed by atoms with Gasteiger partial charge in [0.15, 0.2) is 0 Å². The van der Waals surface area contributed by atoms with Gasteiger partial charge in [-0.1, -0.05) is 29.8 Å². The molecule has 0 aliphatic heterocycles. The van der Waals surface area contributed by atoms with Crippen molar-refractivity contribution in [3.63, 3.8) is 0 Å². The van der Waals surface area contributed by atoms with E-state index < -0.39 is 6.61 Å². The number of alkyl halides is 2. The highest BCUT2D eigenvalue weighted by Gasteiger charge is 2.09. The molecule has 0 aliphatic carbocycles. The summed E-state index contributed by atoms with van der Waals surface area (Å²) in [5.41, 5.74) is 1.26. The van der Waals surface area contributed by atoms with Crippen molar-refractivity contribution in [3.05, 3.63) is 53.1 Å². The highest BCUT2D eigenvalue weighted by molar-refractivity contribution is 6.32. The maximum Gasteiger partial charge on any atom is 0.387 e. The fraction of sp³-hybridized carbons (Fsp3) is 0.143. The van der Waals surface area contributed by atoms with E-state index in [4.69, 9.17) is 11.6 Å². The summed E-state index contributed by atoms with van der Waals surface area (Å²) >= 11 is 5.79. The van der Waals surface area contributed by atoms with E-state index in [2.05, 4.69) is 10.1 Å². The van der Waals surface area contributed by atoms with E-state index in [1.165, 1.54) is 12.1 Å². The number of aromatic hydroxyl groups is 1. The number of phenolic OH excluding ortho intramolecular Hbond substituents is 1. The molecule has 0 unspecified atom stereocenters. The molecular weight excluding hydrogens is 288 g/mol. The minimum absolute atomic E-state index is 0.00292. The van der Waals surface area contributed by atoms with Crippen LogP contribution in [0.15, 0.2) is 42.5 Å². The Kier molecular flexibility index (Phi) is 4.63. The summed E-state index contributed by atoms with van der Waals surface area (Å²) in [5, 5.41) is 12.5. The van der Waals surface area contributed by atoms with Crippen molar-refractivity contribution in [1.82, 2.24) is 0 Å². The van der Waals surface area contributed by atoms with Crippen molar-refractivity contribution in [2.24, 2.45) is 0 Å². The van der Waals surface area contributed by atoms with Crippen molar-refractivity contribution in [2.75, 3.05) is 5.32 Å². The average molecular weight is 300 g/mol. The molecule has 0 fully saturated rings. The number of hydrogen-bond donors (Lipinski definition) is 2. The van der Waals surface area contributed by atoms with Crippen LogP contribution in [0.5, 0.6) is 11.5 Å². The minimum atomic E-state index is -2.87. The van der Waals surface area contributed by atoms with Crippen molar-refractivity contribution >= 4 is 17.3 Å². The Morgan fingerprint density at radius 1 is 1.20 bits per heavy atom. The molecule has 20 heavy (non-hydrogen) atoms. The zero-order valence-electron chi connectivity index (χ0n) is 10.3. The Bertz CT molecular complexity index is 593. The zero-order chi connectivity index (χ0) is 14.5. The molecule has 2 aromatic rings. The number of hydrogen-bond acceptors (Lipinski definition) is 3. The summed E-state index contributed by atoms with van der Waals surface area (Å²) in [6.07, 6.45) is 0. The van der Waals surface area contributed by atoms with Gasteiger partial charge in [-0.15, -0.1) is 0 Å². The fourth-order valence-electron chi connectivity index (χ4n) is 1.67. The fourth-order valence-corrected chi connectivity index (χ4v) is 1.87. The molecule has 0 atom stereocenters. The largest absolute Gasteiger partial charge is 0.506 e. The van der Waals surface area contributed by atoms with Crippen molar-refractivity contribution in [1.29, 1.82) is 0 Å². The quantitative estimate of drug-likeness (QED) is 0.867. The lowest BCUT2D eigenvalue weighted by atomic mass is 10.2. The van der Waals surface area contributed by atoms with Gasteiger partial charge in [-0.25, -0.2) is 0 Å². The molecule has 0 spiro atoms. The average Bonchev–Trinajstić information content (AvgIpc) is 2.41. The van der Waals surface area contributed by atoms with Crippen LogP contribution in [0.1, 0.15) is 5.56 Å². The second-order valence-electron chi connectivity index (χ2n) is 4.01. The second-order valence-corrected chi connectivity index (χ2v) is 4.42. The predicted octanol–water partition coefficient (Wildman–Crippen LogP) is 4.26. The number of benzene rings is 2. The van der Waals surface area contributed by atoms with Gasteiger partial charge >= 0.3 is 6.61 Å². The van der Waals surface area contributed by atoms with Crippen LogP contribution in [-0.4, -0.2) is 11.7 Å². The van der Waals surface area contributed by atoms with Crippen LogP contribution in [0.2, 0.25) is 5.02 Å². The van der Waals surface area contributed by atoms with Crippen molar-refractivity contribution in [3.8, 4) is 11.5 Å². The minimum Gasteiger partial charge on any atom is -0.506 e. The van der Waals surface area contributed by atoms with Crippen LogP contribution in [0.3, 0.4) is 0 Å². The maximum absolute atomic E-state index is 12.3. The molecule has 0 aliphatic rings. The Labute approximate surface area is 119 Å². The first-order valence-corrected chi connectivity index (χ1v) is 6.19. The first-order chi connectivity index (χ1) is 9.56. The number of nitrogens with one attached hydrogen (secondary N) is 1. The van der Waals surface area contributed by atoms with Gasteiger partial charge in [0.05, 0.1) is 10.7 Å². The van der Waals surface area contributed by atoms with E-state index >= 15 is 0 Å². The first kappa shape index (κ1) is 14.4. The third-order valence-corrected chi connectivity index (χ3v) is 2.90. The zero-order valence-corrected chi connectivity index (χ0v) is 11.1. The molecule has 0 saturated carbocycles. The number of phenols is 1. The van der Waals surface area contributed by atoms with Crippen LogP contribution in [0.25, 0.3) is 0 Å². The Balaban J connectivity index is 2.08. The maximum atomic E-state index is 12.3. The summed E-state index contributed by atoms with van der Waals surface area (Å²) in [4.78, 5) is 0. The van der Waals surface area contributed by atoms with Gasteiger partial charge in [-0.3, -0.25) is 0 Å². The Morgan fingerprint density at radius 2 is 1.95 bits per heavy atom. The first-order valence-electron chi connectivity index (χ1n) is 5.81. The molecule has 106 valence electrons. The van der Waals surface area contributed by atoms with Gasteiger partial charge in [0.1, 0.15) is 11.5 Å². The molecule has 0 bridgehead atoms. The highest BCUT2D eigenvalue weighted by atomic mass is 35.5. The molecule has 0 amide bonds. The third kappa shape index (κ3) is 3.74. The molecule has 0 aromatic heterocycles. The van der Waals surface area contributed by atoms with Gasteiger partial charge < -0.3 is 15.2 Å². The molecule has 2 rings (SSSR count). The molecule has 2 aromatic carbocycles. The predicted molar refractivity (Wildman–Crippen MR) is 73.5 cm³/mol. The molecule has 0 radical (unpaired) electrons. The third-order valence-electron chi connectivity index (χ3n) is 2.60. The number of ether oxygens (including phenoxy) is 1. The van der Waals surface area contributed by atoms with Gasteiger partial charge in [-0.05, 0) is 29.8 Å². The highest BCUT2D eigenvalue weighted by Crippen LogP contribution is 2.27. The molecular formula is C14H12ClF2NO2.